The maximum atomic E-state index is 13.1. The van der Waals surface area contributed by atoms with E-state index in [0.717, 1.165) is 18.4 Å². The number of hydrogen-bond acceptors (Lipinski definition) is 7. The molecule has 0 saturated carbocycles. The molecule has 1 atom stereocenters. The number of benzene rings is 1. The van der Waals surface area contributed by atoms with E-state index in [1.807, 2.05) is 25.1 Å². The Labute approximate surface area is 194 Å². The molecule has 0 aliphatic carbocycles. The number of rotatable bonds is 9. The van der Waals surface area contributed by atoms with Gasteiger partial charge in [0.1, 0.15) is 0 Å². The van der Waals surface area contributed by atoms with Gasteiger partial charge in [-0.1, -0.05) is 31.2 Å². The highest BCUT2D eigenvalue weighted by Gasteiger charge is 2.42. The monoisotopic (exact) mass is 460 g/mol. The molecule has 1 aromatic carbocycles. The van der Waals surface area contributed by atoms with Crippen LogP contribution in [0.5, 0.6) is 11.5 Å². The molecule has 174 valence electrons. The highest BCUT2D eigenvalue weighted by atomic mass is 32.2. The zero-order valence-corrected chi connectivity index (χ0v) is 20.3. The van der Waals surface area contributed by atoms with Crippen LogP contribution in [-0.4, -0.2) is 47.0 Å². The minimum absolute atomic E-state index is 0.0592. The quantitative estimate of drug-likeness (QED) is 0.387. The number of ether oxygens (including phenoxy) is 3. The maximum absolute atomic E-state index is 13.1. The van der Waals surface area contributed by atoms with Crippen LogP contribution in [0.4, 0.5) is 0 Å². The van der Waals surface area contributed by atoms with E-state index in [1.165, 1.54) is 11.8 Å². The van der Waals surface area contributed by atoms with Crippen molar-refractivity contribution in [2.45, 2.75) is 66.0 Å². The number of esters is 1. The molecule has 7 nitrogen and oxygen atoms in total. The number of thioether (sulfide) groups is 1. The van der Waals surface area contributed by atoms with Gasteiger partial charge in [0.05, 0.1) is 36.6 Å². The van der Waals surface area contributed by atoms with E-state index in [0.29, 0.717) is 53.3 Å². The number of nitrogens with zero attached hydrogens (tertiary/aromatic N) is 2. The second kappa shape index (κ2) is 10.9. The third-order valence-corrected chi connectivity index (χ3v) is 6.06. The summed E-state index contributed by atoms with van der Waals surface area (Å²) in [5.74, 6) is 1.40. The molecule has 2 heterocycles. The summed E-state index contributed by atoms with van der Waals surface area (Å²) in [6, 6.07) is 4.97. The maximum Gasteiger partial charge on any atom is 0.338 e. The molecule has 2 aliphatic heterocycles. The van der Waals surface area contributed by atoms with E-state index < -0.39 is 12.0 Å². The summed E-state index contributed by atoms with van der Waals surface area (Å²) in [7, 11) is 0. The molecule has 3 rings (SSSR count). The Balaban J connectivity index is 2.08. The van der Waals surface area contributed by atoms with Crippen molar-refractivity contribution in [3.05, 3.63) is 35.0 Å². The van der Waals surface area contributed by atoms with Crippen molar-refractivity contribution in [1.82, 2.24) is 4.90 Å². The number of aliphatic imine (C=N–C) groups is 1. The molecule has 1 aromatic rings. The van der Waals surface area contributed by atoms with Gasteiger partial charge in [-0.3, -0.25) is 9.69 Å². The first-order valence-electron chi connectivity index (χ1n) is 11.2. The van der Waals surface area contributed by atoms with Crippen molar-refractivity contribution in [2.24, 2.45) is 4.99 Å². The lowest BCUT2D eigenvalue weighted by atomic mass is 9.93. The highest BCUT2D eigenvalue weighted by Crippen LogP contribution is 2.42. The third kappa shape index (κ3) is 5.28. The minimum Gasteiger partial charge on any atom is -0.490 e. The molecule has 2 aliphatic rings. The average Bonchev–Trinajstić information content (AvgIpc) is 2.73. The molecule has 1 amide bonds. The number of fused-ring (bicyclic) bond motifs is 1. The van der Waals surface area contributed by atoms with Gasteiger partial charge in [-0.05, 0) is 51.8 Å². The molecule has 32 heavy (non-hydrogen) atoms. The molecular weight excluding hydrogens is 428 g/mol. The number of amides is 1. The topological polar surface area (TPSA) is 77.4 Å². The summed E-state index contributed by atoms with van der Waals surface area (Å²) in [5.41, 5.74) is 1.70. The van der Waals surface area contributed by atoms with Crippen molar-refractivity contribution in [3.8, 4) is 11.5 Å². The lowest BCUT2D eigenvalue weighted by molar-refractivity contribution is -0.143. The van der Waals surface area contributed by atoms with Gasteiger partial charge in [-0.25, -0.2) is 9.79 Å². The van der Waals surface area contributed by atoms with Crippen molar-refractivity contribution in [2.75, 3.05) is 19.0 Å². The fourth-order valence-corrected chi connectivity index (χ4v) is 4.67. The number of allylic oxidation sites excluding steroid dienone is 1. The van der Waals surface area contributed by atoms with E-state index in [9.17, 15) is 9.59 Å². The molecule has 0 bridgehead atoms. The van der Waals surface area contributed by atoms with Crippen LogP contribution >= 0.6 is 11.8 Å². The van der Waals surface area contributed by atoms with Crippen LogP contribution in [-0.2, 0) is 14.3 Å². The fourth-order valence-electron chi connectivity index (χ4n) is 3.66. The van der Waals surface area contributed by atoms with Crippen LogP contribution in [0.3, 0.4) is 0 Å². The number of unbranched alkanes of at least 4 members (excludes halogenated alkanes) is 1. The zero-order valence-electron chi connectivity index (χ0n) is 19.5. The first kappa shape index (κ1) is 24.2. The zero-order chi connectivity index (χ0) is 23.3. The van der Waals surface area contributed by atoms with Crippen molar-refractivity contribution < 1.29 is 23.8 Å². The Morgan fingerprint density at radius 1 is 1.25 bits per heavy atom. The third-order valence-electron chi connectivity index (χ3n) is 5.11. The summed E-state index contributed by atoms with van der Waals surface area (Å²) in [6.45, 7) is 10.5. The second-order valence-corrected chi connectivity index (χ2v) is 9.02. The number of amidine groups is 1. The Hall–Kier alpha value is -2.48. The van der Waals surface area contributed by atoms with Gasteiger partial charge in [0.2, 0.25) is 5.91 Å². The first-order valence-corrected chi connectivity index (χ1v) is 12.2. The summed E-state index contributed by atoms with van der Waals surface area (Å²) < 4.78 is 17.3. The highest BCUT2D eigenvalue weighted by molar-refractivity contribution is 8.14. The molecule has 0 aromatic heterocycles. The van der Waals surface area contributed by atoms with Gasteiger partial charge in [0.15, 0.2) is 16.7 Å². The number of hydrogen-bond donors (Lipinski definition) is 0. The summed E-state index contributed by atoms with van der Waals surface area (Å²) in [6.07, 6.45) is 2.09. The normalized spacial score (nSPS) is 18.4. The van der Waals surface area contributed by atoms with Crippen molar-refractivity contribution in [1.29, 1.82) is 0 Å². The van der Waals surface area contributed by atoms with E-state index >= 15 is 0 Å². The Kier molecular flexibility index (Phi) is 8.23. The molecule has 8 heteroatoms. The molecular formula is C24H32N2O5S. The van der Waals surface area contributed by atoms with E-state index in [-0.39, 0.29) is 12.0 Å². The largest absolute Gasteiger partial charge is 0.490 e. The van der Waals surface area contributed by atoms with Crippen LogP contribution < -0.4 is 9.47 Å². The SMILES string of the molecule is CCCCOc1ccc([C@H]2C(C(=O)OC(C)C)=C(C)N=C3SCCC(=O)N32)cc1OCC. The molecule has 0 spiro atoms. The Morgan fingerprint density at radius 2 is 2.03 bits per heavy atom. The van der Waals surface area contributed by atoms with E-state index in [1.54, 1.807) is 25.7 Å². The predicted molar refractivity (Wildman–Crippen MR) is 126 cm³/mol. The van der Waals surface area contributed by atoms with Crippen molar-refractivity contribution >= 4 is 28.8 Å². The van der Waals surface area contributed by atoms with Gasteiger partial charge >= 0.3 is 5.97 Å². The standard InChI is InChI=1S/C24H32N2O5S/c1-6-8-12-30-18-10-9-17(14-19(18)29-7-2)22-21(23(28)31-15(3)4)16(5)25-24-26(22)20(27)11-13-32-24/h9-10,14-15,22H,6-8,11-13H2,1-5H3/t22-/m0/s1. The lowest BCUT2D eigenvalue weighted by Gasteiger charge is -2.39. The van der Waals surface area contributed by atoms with Crippen LogP contribution in [0.25, 0.3) is 0 Å². The van der Waals surface area contributed by atoms with Crippen LogP contribution in [0.1, 0.15) is 65.5 Å². The van der Waals surface area contributed by atoms with Crippen LogP contribution in [0, 0.1) is 0 Å². The number of carbonyl (C=O) groups is 2. The van der Waals surface area contributed by atoms with Gasteiger partial charge in [0, 0.05) is 12.2 Å². The predicted octanol–water partition coefficient (Wildman–Crippen LogP) is 4.87. The van der Waals surface area contributed by atoms with Crippen molar-refractivity contribution in [3.63, 3.8) is 0 Å². The molecule has 1 fully saturated rings. The van der Waals surface area contributed by atoms with Crippen LogP contribution in [0.15, 0.2) is 34.5 Å². The lowest BCUT2D eigenvalue weighted by Crippen LogP contribution is -2.46. The molecule has 0 N–H and O–H groups in total. The summed E-state index contributed by atoms with van der Waals surface area (Å²) >= 11 is 1.52. The molecule has 0 radical (unpaired) electrons. The number of carbonyl (C=O) groups excluding carboxylic acids is 2. The molecule has 1 saturated heterocycles. The van der Waals surface area contributed by atoms with Gasteiger partial charge < -0.3 is 14.2 Å². The Morgan fingerprint density at radius 3 is 2.72 bits per heavy atom. The van der Waals surface area contributed by atoms with Gasteiger partial charge in [0.25, 0.3) is 0 Å². The van der Waals surface area contributed by atoms with E-state index in [4.69, 9.17) is 14.2 Å². The Bertz CT molecular complexity index is 925. The van der Waals surface area contributed by atoms with Crippen LogP contribution in [0.2, 0.25) is 0 Å². The minimum atomic E-state index is -0.627. The molecule has 0 unspecified atom stereocenters. The fraction of sp³-hybridized carbons (Fsp3) is 0.542. The van der Waals surface area contributed by atoms with Gasteiger partial charge in [-0.2, -0.15) is 0 Å². The smallest absolute Gasteiger partial charge is 0.338 e. The first-order chi connectivity index (χ1) is 15.4. The second-order valence-electron chi connectivity index (χ2n) is 7.95. The summed E-state index contributed by atoms with van der Waals surface area (Å²) in [4.78, 5) is 32.2. The van der Waals surface area contributed by atoms with E-state index in [2.05, 4.69) is 11.9 Å². The summed E-state index contributed by atoms with van der Waals surface area (Å²) in [5, 5.41) is 0.617. The average molecular weight is 461 g/mol. The van der Waals surface area contributed by atoms with Gasteiger partial charge in [-0.15, -0.1) is 0 Å².